The second-order valence-electron chi connectivity index (χ2n) is 9.14. The predicted octanol–water partition coefficient (Wildman–Crippen LogP) is 7.53. The van der Waals surface area contributed by atoms with Crippen molar-refractivity contribution in [3.63, 3.8) is 0 Å². The van der Waals surface area contributed by atoms with E-state index in [2.05, 4.69) is 5.32 Å². The highest BCUT2D eigenvalue weighted by Crippen LogP contribution is 2.37. The normalized spacial score (nSPS) is 18.0. The van der Waals surface area contributed by atoms with Crippen molar-refractivity contribution in [1.82, 2.24) is 10.2 Å². The van der Waals surface area contributed by atoms with E-state index in [1.54, 1.807) is 6.07 Å². The third-order valence-corrected chi connectivity index (χ3v) is 8.69. The number of carbonyl (C=O) groups is 1. The van der Waals surface area contributed by atoms with E-state index in [1.165, 1.54) is 17.4 Å². The number of thiophene rings is 1. The van der Waals surface area contributed by atoms with E-state index in [-0.39, 0.29) is 24.3 Å². The van der Waals surface area contributed by atoms with E-state index in [0.717, 1.165) is 46.9 Å². The topological polar surface area (TPSA) is 32.3 Å². The predicted molar refractivity (Wildman–Crippen MR) is 144 cm³/mol. The van der Waals surface area contributed by atoms with Crippen LogP contribution in [0.25, 0.3) is 21.2 Å². The minimum Gasteiger partial charge on any atom is -0.330 e. The van der Waals surface area contributed by atoms with Gasteiger partial charge >= 0.3 is 0 Å². The van der Waals surface area contributed by atoms with Crippen LogP contribution in [0, 0.1) is 5.82 Å². The quantitative estimate of drug-likeness (QED) is 0.293. The Balaban J connectivity index is 1.51. The van der Waals surface area contributed by atoms with Crippen molar-refractivity contribution in [1.29, 1.82) is 0 Å². The van der Waals surface area contributed by atoms with Crippen LogP contribution in [-0.4, -0.2) is 29.9 Å². The van der Waals surface area contributed by atoms with Crippen LogP contribution in [0.2, 0.25) is 5.02 Å². The number of nitrogens with one attached hydrogen (secondary N) is 1. The van der Waals surface area contributed by atoms with Crippen LogP contribution in [-0.2, 0) is 6.54 Å². The zero-order valence-electron chi connectivity index (χ0n) is 19.6. The van der Waals surface area contributed by atoms with Gasteiger partial charge in [-0.2, -0.15) is 0 Å². The molecule has 0 atom stereocenters. The molecule has 1 aliphatic carbocycles. The lowest BCUT2D eigenvalue weighted by molar-refractivity contribution is 0.0604. The molecule has 3 aromatic carbocycles. The number of rotatable bonds is 6. The molecule has 1 saturated carbocycles. The van der Waals surface area contributed by atoms with E-state index >= 15 is 4.39 Å². The van der Waals surface area contributed by atoms with Crippen LogP contribution >= 0.6 is 22.9 Å². The molecule has 1 heterocycles. The first-order valence-corrected chi connectivity index (χ1v) is 13.2. The molecule has 0 saturated heterocycles. The molecule has 1 aliphatic rings. The summed E-state index contributed by atoms with van der Waals surface area (Å²) in [5.41, 5.74) is 2.48. The molecule has 1 N–H and O–H groups in total. The molecule has 0 aliphatic heterocycles. The third kappa shape index (κ3) is 4.99. The van der Waals surface area contributed by atoms with Gasteiger partial charge in [-0.05, 0) is 62.1 Å². The van der Waals surface area contributed by atoms with Crippen molar-refractivity contribution in [3.8, 4) is 11.1 Å². The van der Waals surface area contributed by atoms with Crippen LogP contribution in [0.5, 0.6) is 0 Å². The van der Waals surface area contributed by atoms with Crippen LogP contribution in [0.1, 0.15) is 40.9 Å². The van der Waals surface area contributed by atoms with E-state index in [4.69, 9.17) is 11.6 Å². The van der Waals surface area contributed by atoms with Crippen LogP contribution in [0.15, 0.2) is 72.8 Å². The van der Waals surface area contributed by atoms with Gasteiger partial charge in [-0.3, -0.25) is 4.79 Å². The summed E-state index contributed by atoms with van der Waals surface area (Å²) in [5.74, 6) is -0.414. The second-order valence-corrected chi connectivity index (χ2v) is 10.6. The molecule has 0 bridgehead atoms. The largest absolute Gasteiger partial charge is 0.330 e. The van der Waals surface area contributed by atoms with E-state index in [1.807, 2.05) is 72.6 Å². The van der Waals surface area contributed by atoms with E-state index < -0.39 is 0 Å². The fraction of sp³-hybridized carbons (Fsp3) is 0.276. The molecule has 3 nitrogen and oxygen atoms in total. The van der Waals surface area contributed by atoms with Crippen molar-refractivity contribution < 1.29 is 9.18 Å². The number of halogens is 2. The molecular formula is C29H28ClFN2OS. The molecule has 1 aromatic heterocycles. The lowest BCUT2D eigenvalue weighted by Gasteiger charge is -2.37. The molecule has 180 valence electrons. The van der Waals surface area contributed by atoms with Gasteiger partial charge in [0.15, 0.2) is 0 Å². The Kier molecular flexibility index (Phi) is 7.19. The van der Waals surface area contributed by atoms with Gasteiger partial charge in [0, 0.05) is 34.3 Å². The number of hydrogen-bond donors (Lipinski definition) is 1. The molecule has 5 rings (SSSR count). The van der Waals surface area contributed by atoms with Crippen molar-refractivity contribution in [2.75, 3.05) is 7.05 Å². The maximum Gasteiger partial charge on any atom is 0.266 e. The lowest BCUT2D eigenvalue weighted by atomic mass is 9.89. The highest BCUT2D eigenvalue weighted by Gasteiger charge is 2.32. The first-order chi connectivity index (χ1) is 17.0. The second kappa shape index (κ2) is 10.5. The maximum absolute atomic E-state index is 15.1. The zero-order valence-corrected chi connectivity index (χ0v) is 21.2. The average Bonchev–Trinajstić information content (AvgIpc) is 3.25. The molecule has 1 amide bonds. The Bertz CT molecular complexity index is 1330. The highest BCUT2D eigenvalue weighted by atomic mass is 35.5. The molecule has 6 heteroatoms. The summed E-state index contributed by atoms with van der Waals surface area (Å²) >= 11 is 8.11. The summed E-state index contributed by atoms with van der Waals surface area (Å²) < 4.78 is 16.1. The first kappa shape index (κ1) is 24.0. The number of amides is 1. The SMILES string of the molecule is CNC1CCC(N(Cc2cc(-c3ccccc3)ccc2F)C(=O)c2sc3ccccc3c2Cl)CC1. The minimum atomic E-state index is -0.297. The highest BCUT2D eigenvalue weighted by molar-refractivity contribution is 7.21. The monoisotopic (exact) mass is 506 g/mol. The van der Waals surface area contributed by atoms with Gasteiger partial charge in [0.2, 0.25) is 0 Å². The van der Waals surface area contributed by atoms with Gasteiger partial charge in [-0.15, -0.1) is 11.3 Å². The van der Waals surface area contributed by atoms with Crippen LogP contribution in [0.4, 0.5) is 4.39 Å². The zero-order chi connectivity index (χ0) is 24.4. The fourth-order valence-corrected chi connectivity index (χ4v) is 6.48. The number of carbonyl (C=O) groups excluding carboxylic acids is 1. The summed E-state index contributed by atoms with van der Waals surface area (Å²) in [5, 5.41) is 4.73. The number of hydrogen-bond acceptors (Lipinski definition) is 3. The Morgan fingerprint density at radius 1 is 1.00 bits per heavy atom. The lowest BCUT2D eigenvalue weighted by Crippen LogP contribution is -2.44. The Morgan fingerprint density at radius 3 is 2.43 bits per heavy atom. The average molecular weight is 507 g/mol. The number of nitrogens with zero attached hydrogens (tertiary/aromatic N) is 1. The standard InChI is InChI=1S/C29H28ClFN2OS/c1-32-22-12-14-23(15-13-22)33(29(34)28-27(30)24-9-5-6-10-26(24)35-28)18-21-17-20(11-16-25(21)31)19-7-3-2-4-8-19/h2-11,16-17,22-23,32H,12-15,18H2,1H3. The number of benzene rings is 3. The molecule has 1 fully saturated rings. The molecule has 0 radical (unpaired) electrons. The first-order valence-electron chi connectivity index (χ1n) is 12.0. The van der Waals surface area contributed by atoms with Gasteiger partial charge < -0.3 is 10.2 Å². The summed E-state index contributed by atoms with van der Waals surface area (Å²) in [4.78, 5) is 16.4. The van der Waals surface area contributed by atoms with Gasteiger partial charge in [-0.25, -0.2) is 4.39 Å². The Morgan fingerprint density at radius 2 is 1.71 bits per heavy atom. The summed E-state index contributed by atoms with van der Waals surface area (Å²) in [6.07, 6.45) is 3.72. The summed E-state index contributed by atoms with van der Waals surface area (Å²) in [7, 11) is 1.98. The Hall–Kier alpha value is -2.73. The van der Waals surface area contributed by atoms with E-state index in [0.29, 0.717) is 21.5 Å². The molecule has 35 heavy (non-hydrogen) atoms. The summed E-state index contributed by atoms with van der Waals surface area (Å²) in [6, 6.07) is 23.4. The van der Waals surface area contributed by atoms with Gasteiger partial charge in [0.25, 0.3) is 5.91 Å². The fourth-order valence-electron chi connectivity index (χ4n) is 5.01. The van der Waals surface area contributed by atoms with E-state index in [9.17, 15) is 4.79 Å². The molecule has 4 aromatic rings. The number of fused-ring (bicyclic) bond motifs is 1. The Labute approximate surface area is 214 Å². The smallest absolute Gasteiger partial charge is 0.266 e. The van der Waals surface area contributed by atoms with Gasteiger partial charge in [0.1, 0.15) is 10.7 Å². The van der Waals surface area contributed by atoms with Crippen molar-refractivity contribution >= 4 is 38.9 Å². The van der Waals surface area contributed by atoms with Gasteiger partial charge in [0.05, 0.1) is 5.02 Å². The van der Waals surface area contributed by atoms with Crippen molar-refractivity contribution in [2.45, 2.75) is 44.3 Å². The minimum absolute atomic E-state index is 0.0353. The third-order valence-electron chi connectivity index (χ3n) is 7.03. The maximum atomic E-state index is 15.1. The van der Waals surface area contributed by atoms with Crippen LogP contribution in [0.3, 0.4) is 0 Å². The molecular weight excluding hydrogens is 479 g/mol. The molecule has 0 unspecified atom stereocenters. The summed E-state index contributed by atoms with van der Waals surface area (Å²) in [6.45, 7) is 0.213. The van der Waals surface area contributed by atoms with Crippen molar-refractivity contribution in [2.24, 2.45) is 0 Å². The van der Waals surface area contributed by atoms with Gasteiger partial charge in [-0.1, -0.05) is 66.2 Å². The molecule has 0 spiro atoms. The van der Waals surface area contributed by atoms with Crippen LogP contribution < -0.4 is 5.32 Å². The van der Waals surface area contributed by atoms with Crippen molar-refractivity contribution in [3.05, 3.63) is 94.1 Å².